The first-order chi connectivity index (χ1) is 7.34. The van der Waals surface area contributed by atoms with Crippen molar-refractivity contribution < 1.29 is 0 Å². The van der Waals surface area contributed by atoms with Gasteiger partial charge in [0.2, 0.25) is 0 Å². The maximum absolute atomic E-state index is 5.89. The van der Waals surface area contributed by atoms with E-state index in [1.807, 2.05) is 6.07 Å². The lowest BCUT2D eigenvalue weighted by atomic mass is 10.2. The molecule has 1 fully saturated rings. The minimum absolute atomic E-state index is 0.909. The zero-order valence-corrected chi connectivity index (χ0v) is 10.4. The van der Waals surface area contributed by atoms with E-state index in [1.54, 1.807) is 11.3 Å². The molecule has 15 heavy (non-hydrogen) atoms. The van der Waals surface area contributed by atoms with Gasteiger partial charge in [-0.15, -0.1) is 11.3 Å². The van der Waals surface area contributed by atoms with Crippen molar-refractivity contribution in [2.24, 2.45) is 0 Å². The molecule has 1 aliphatic heterocycles. The van der Waals surface area contributed by atoms with Gasteiger partial charge >= 0.3 is 0 Å². The highest BCUT2D eigenvalue weighted by molar-refractivity contribution is 7.16. The van der Waals surface area contributed by atoms with Crippen LogP contribution in [-0.2, 0) is 6.42 Å². The van der Waals surface area contributed by atoms with Crippen LogP contribution < -0.4 is 5.32 Å². The Kier molecular flexibility index (Phi) is 4.44. The molecule has 0 unspecified atom stereocenters. The van der Waals surface area contributed by atoms with Crippen LogP contribution in [0.3, 0.4) is 0 Å². The number of hydrogen-bond acceptors (Lipinski definition) is 3. The van der Waals surface area contributed by atoms with Crippen LogP contribution in [0.5, 0.6) is 0 Å². The Morgan fingerprint density at radius 2 is 2.13 bits per heavy atom. The fourth-order valence-corrected chi connectivity index (χ4v) is 3.03. The highest BCUT2D eigenvalue weighted by atomic mass is 35.5. The lowest BCUT2D eigenvalue weighted by Gasteiger charge is -2.26. The van der Waals surface area contributed by atoms with Crippen molar-refractivity contribution in [3.8, 4) is 0 Å². The summed E-state index contributed by atoms with van der Waals surface area (Å²) in [5.74, 6) is 0. The third-order valence-corrected chi connectivity index (χ3v) is 4.03. The maximum Gasteiger partial charge on any atom is 0.0931 e. The van der Waals surface area contributed by atoms with Gasteiger partial charge in [-0.3, -0.25) is 0 Å². The van der Waals surface area contributed by atoms with Gasteiger partial charge in [0.1, 0.15) is 0 Å². The summed E-state index contributed by atoms with van der Waals surface area (Å²) < 4.78 is 0.909. The average molecular weight is 245 g/mol. The predicted molar refractivity (Wildman–Crippen MR) is 67.0 cm³/mol. The summed E-state index contributed by atoms with van der Waals surface area (Å²) in [6.07, 6.45) is 2.41. The molecule has 1 aliphatic rings. The lowest BCUT2D eigenvalue weighted by molar-refractivity contribution is 0.239. The first-order valence-corrected chi connectivity index (χ1v) is 6.71. The highest BCUT2D eigenvalue weighted by Gasteiger charge is 2.08. The molecule has 1 N–H and O–H groups in total. The van der Waals surface area contributed by atoms with Crippen LogP contribution in [0.4, 0.5) is 0 Å². The maximum atomic E-state index is 5.89. The molecular formula is C11H17ClN2S. The Bertz CT molecular complexity index is 295. The van der Waals surface area contributed by atoms with Crippen molar-refractivity contribution in [2.75, 3.05) is 32.7 Å². The number of nitrogens with one attached hydrogen (secondary N) is 1. The minimum atomic E-state index is 0.909. The molecule has 4 heteroatoms. The van der Waals surface area contributed by atoms with Crippen LogP contribution in [0.2, 0.25) is 4.34 Å². The molecule has 2 rings (SSSR count). The molecule has 84 valence electrons. The van der Waals surface area contributed by atoms with E-state index in [1.165, 1.54) is 37.4 Å². The molecule has 2 heterocycles. The molecule has 0 bridgehead atoms. The van der Waals surface area contributed by atoms with Crippen molar-refractivity contribution in [2.45, 2.75) is 12.8 Å². The van der Waals surface area contributed by atoms with E-state index in [4.69, 9.17) is 11.6 Å². The quantitative estimate of drug-likeness (QED) is 0.874. The van der Waals surface area contributed by atoms with Crippen LogP contribution in [0.1, 0.15) is 11.3 Å². The number of thiophene rings is 1. The topological polar surface area (TPSA) is 15.3 Å². The van der Waals surface area contributed by atoms with Gasteiger partial charge in [0.25, 0.3) is 0 Å². The van der Waals surface area contributed by atoms with E-state index < -0.39 is 0 Å². The van der Waals surface area contributed by atoms with Gasteiger partial charge in [-0.2, -0.15) is 0 Å². The second-order valence-electron chi connectivity index (χ2n) is 3.90. The summed E-state index contributed by atoms with van der Waals surface area (Å²) in [4.78, 5) is 3.95. The van der Waals surface area contributed by atoms with Crippen LogP contribution in [-0.4, -0.2) is 37.6 Å². The van der Waals surface area contributed by atoms with Gasteiger partial charge in [0, 0.05) is 31.1 Å². The highest BCUT2D eigenvalue weighted by Crippen LogP contribution is 2.22. The fraction of sp³-hybridized carbons (Fsp3) is 0.636. The van der Waals surface area contributed by atoms with E-state index in [0.29, 0.717) is 0 Å². The second-order valence-corrected chi connectivity index (χ2v) is 5.70. The van der Waals surface area contributed by atoms with Crippen molar-refractivity contribution in [1.82, 2.24) is 10.2 Å². The molecular weight excluding hydrogens is 228 g/mol. The van der Waals surface area contributed by atoms with E-state index in [-0.39, 0.29) is 0 Å². The molecule has 0 saturated carbocycles. The smallest absolute Gasteiger partial charge is 0.0931 e. The monoisotopic (exact) mass is 244 g/mol. The van der Waals surface area contributed by atoms with Crippen LogP contribution in [0.25, 0.3) is 0 Å². The Balaban J connectivity index is 1.65. The van der Waals surface area contributed by atoms with E-state index >= 15 is 0 Å². The van der Waals surface area contributed by atoms with Gasteiger partial charge in [-0.05, 0) is 31.5 Å². The summed E-state index contributed by atoms with van der Waals surface area (Å²) in [6, 6.07) is 4.14. The molecule has 0 aromatic carbocycles. The normalized spacial score (nSPS) is 18.2. The van der Waals surface area contributed by atoms with Crippen molar-refractivity contribution in [1.29, 1.82) is 0 Å². The molecule has 2 nitrogen and oxygen atoms in total. The van der Waals surface area contributed by atoms with Crippen molar-refractivity contribution in [3.63, 3.8) is 0 Å². The van der Waals surface area contributed by atoms with Gasteiger partial charge in [-0.25, -0.2) is 0 Å². The Morgan fingerprint density at radius 1 is 1.33 bits per heavy atom. The summed E-state index contributed by atoms with van der Waals surface area (Å²) >= 11 is 7.60. The zero-order chi connectivity index (χ0) is 10.5. The number of rotatable bonds is 4. The van der Waals surface area contributed by atoms with Crippen molar-refractivity contribution >= 4 is 22.9 Å². The number of piperazine rings is 1. The zero-order valence-electron chi connectivity index (χ0n) is 8.84. The van der Waals surface area contributed by atoms with Gasteiger partial charge in [0.15, 0.2) is 0 Å². The standard InChI is InChI=1S/C11H17ClN2S/c12-11-4-3-10(15-11)2-1-7-14-8-5-13-6-9-14/h3-4,13H,1-2,5-9H2. The van der Waals surface area contributed by atoms with Gasteiger partial charge in [0.05, 0.1) is 4.34 Å². The molecule has 0 aliphatic carbocycles. The van der Waals surface area contributed by atoms with Crippen LogP contribution in [0.15, 0.2) is 12.1 Å². The number of halogens is 1. The van der Waals surface area contributed by atoms with Gasteiger partial charge in [-0.1, -0.05) is 11.6 Å². The fourth-order valence-electron chi connectivity index (χ4n) is 1.90. The Labute approximate surface area is 100 Å². The molecule has 1 aromatic heterocycles. The summed E-state index contributed by atoms with van der Waals surface area (Å²) in [7, 11) is 0. The largest absolute Gasteiger partial charge is 0.314 e. The lowest BCUT2D eigenvalue weighted by Crippen LogP contribution is -2.43. The third kappa shape index (κ3) is 3.76. The Morgan fingerprint density at radius 3 is 2.80 bits per heavy atom. The van der Waals surface area contributed by atoms with E-state index in [0.717, 1.165) is 17.4 Å². The molecule has 0 amide bonds. The van der Waals surface area contributed by atoms with Crippen LogP contribution in [0, 0.1) is 0 Å². The summed E-state index contributed by atoms with van der Waals surface area (Å²) in [6.45, 7) is 5.91. The predicted octanol–water partition coefficient (Wildman–Crippen LogP) is 2.24. The molecule has 0 atom stereocenters. The number of hydrogen-bond donors (Lipinski definition) is 1. The number of aryl methyl sites for hydroxylation is 1. The first-order valence-electron chi connectivity index (χ1n) is 5.52. The number of nitrogens with zero attached hydrogens (tertiary/aromatic N) is 1. The molecule has 1 saturated heterocycles. The average Bonchev–Trinajstić information content (AvgIpc) is 2.66. The van der Waals surface area contributed by atoms with Crippen LogP contribution >= 0.6 is 22.9 Å². The van der Waals surface area contributed by atoms with E-state index in [9.17, 15) is 0 Å². The first kappa shape index (κ1) is 11.4. The Hall–Kier alpha value is -0.0900. The third-order valence-electron chi connectivity index (χ3n) is 2.74. The summed E-state index contributed by atoms with van der Waals surface area (Å²) in [5.41, 5.74) is 0. The van der Waals surface area contributed by atoms with Crippen molar-refractivity contribution in [3.05, 3.63) is 21.3 Å². The van der Waals surface area contributed by atoms with E-state index in [2.05, 4.69) is 16.3 Å². The minimum Gasteiger partial charge on any atom is -0.314 e. The molecule has 0 spiro atoms. The summed E-state index contributed by atoms with van der Waals surface area (Å²) in [5, 5.41) is 3.37. The second kappa shape index (κ2) is 5.85. The SMILES string of the molecule is Clc1ccc(CCCN2CCNCC2)s1. The molecule has 1 aromatic rings. The molecule has 0 radical (unpaired) electrons. The van der Waals surface area contributed by atoms with Gasteiger partial charge < -0.3 is 10.2 Å².